The molecule has 1 saturated heterocycles. The van der Waals surface area contributed by atoms with Crippen molar-refractivity contribution in [2.75, 3.05) is 23.3 Å². The number of fused-ring (bicyclic) bond motifs is 1. The van der Waals surface area contributed by atoms with Crippen LogP contribution in [0.4, 0.5) is 11.8 Å². The Bertz CT molecular complexity index is 698. The van der Waals surface area contributed by atoms with E-state index in [1.54, 1.807) is 0 Å². The van der Waals surface area contributed by atoms with E-state index < -0.39 is 0 Å². The number of piperidine rings is 1. The second-order valence-corrected chi connectivity index (χ2v) is 6.52. The van der Waals surface area contributed by atoms with Gasteiger partial charge in [0.1, 0.15) is 5.82 Å². The lowest BCUT2D eigenvalue weighted by Crippen LogP contribution is -2.34. The lowest BCUT2D eigenvalue weighted by atomic mass is 9.99. The number of anilines is 2. The third-order valence-corrected chi connectivity index (χ3v) is 4.63. The second-order valence-electron chi connectivity index (χ2n) is 6.52. The summed E-state index contributed by atoms with van der Waals surface area (Å²) in [5, 5.41) is 7.32. The first-order chi connectivity index (χ1) is 10.7. The van der Waals surface area contributed by atoms with Crippen molar-refractivity contribution < 1.29 is 4.79 Å². The zero-order valence-corrected chi connectivity index (χ0v) is 12.8. The molecule has 2 aromatic rings. The van der Waals surface area contributed by atoms with Crippen molar-refractivity contribution in [1.29, 1.82) is 0 Å². The van der Waals surface area contributed by atoms with Crippen LogP contribution in [0.5, 0.6) is 0 Å². The van der Waals surface area contributed by atoms with Crippen LogP contribution in [0.2, 0.25) is 0 Å². The minimum atomic E-state index is 0.0456. The number of hydrogen-bond acceptors (Lipinski definition) is 4. The van der Waals surface area contributed by atoms with E-state index in [0.717, 1.165) is 43.3 Å². The van der Waals surface area contributed by atoms with Gasteiger partial charge in [-0.2, -0.15) is 9.50 Å². The van der Waals surface area contributed by atoms with Crippen LogP contribution < -0.4 is 10.2 Å². The van der Waals surface area contributed by atoms with E-state index in [9.17, 15) is 4.79 Å². The number of aromatic nitrogens is 3. The number of carbonyl (C=O) groups excluding carboxylic acids is 1. The van der Waals surface area contributed by atoms with Crippen molar-refractivity contribution in [1.82, 2.24) is 14.6 Å². The summed E-state index contributed by atoms with van der Waals surface area (Å²) in [5.74, 6) is 2.47. The van der Waals surface area contributed by atoms with Crippen molar-refractivity contribution >= 4 is 23.3 Å². The molecular formula is C16H21N5O. The average Bonchev–Trinajstić information content (AvgIpc) is 3.28. The molecule has 4 rings (SSSR count). The summed E-state index contributed by atoms with van der Waals surface area (Å²) < 4.78 is 1.85. The van der Waals surface area contributed by atoms with Gasteiger partial charge in [-0.25, -0.2) is 0 Å². The maximum atomic E-state index is 11.9. The molecule has 0 atom stereocenters. The van der Waals surface area contributed by atoms with E-state index in [0.29, 0.717) is 5.95 Å². The molecule has 1 N–H and O–H groups in total. The summed E-state index contributed by atoms with van der Waals surface area (Å²) in [4.78, 5) is 18.6. The fourth-order valence-electron chi connectivity index (χ4n) is 2.98. The molecular weight excluding hydrogens is 278 g/mol. The fourth-order valence-corrected chi connectivity index (χ4v) is 2.98. The van der Waals surface area contributed by atoms with Gasteiger partial charge in [-0.1, -0.05) is 13.0 Å². The number of pyridine rings is 1. The van der Waals surface area contributed by atoms with E-state index in [1.807, 2.05) is 16.6 Å². The van der Waals surface area contributed by atoms with Crippen LogP contribution in [0, 0.1) is 11.8 Å². The molecule has 0 spiro atoms. The molecule has 2 fully saturated rings. The van der Waals surface area contributed by atoms with Crippen LogP contribution in [-0.4, -0.2) is 33.6 Å². The van der Waals surface area contributed by atoms with Crippen molar-refractivity contribution in [3.05, 3.63) is 18.2 Å². The first-order valence-corrected chi connectivity index (χ1v) is 8.12. The van der Waals surface area contributed by atoms with Gasteiger partial charge in [0.2, 0.25) is 11.9 Å². The van der Waals surface area contributed by atoms with Crippen LogP contribution in [0.15, 0.2) is 18.2 Å². The van der Waals surface area contributed by atoms with Crippen molar-refractivity contribution in [3.8, 4) is 0 Å². The number of carbonyl (C=O) groups is 1. The molecule has 1 aliphatic carbocycles. The molecule has 0 bridgehead atoms. The number of nitrogens with zero attached hydrogens (tertiary/aromatic N) is 4. The fraction of sp³-hybridized carbons (Fsp3) is 0.562. The molecule has 1 saturated carbocycles. The van der Waals surface area contributed by atoms with Gasteiger partial charge in [0.25, 0.3) is 0 Å². The highest BCUT2D eigenvalue weighted by atomic mass is 16.2. The minimum absolute atomic E-state index is 0.0456. The van der Waals surface area contributed by atoms with Gasteiger partial charge in [-0.3, -0.25) is 10.1 Å². The topological polar surface area (TPSA) is 62.5 Å². The molecule has 0 aromatic carbocycles. The van der Waals surface area contributed by atoms with Crippen LogP contribution in [0.1, 0.15) is 32.6 Å². The first kappa shape index (κ1) is 13.5. The highest BCUT2D eigenvalue weighted by molar-refractivity contribution is 5.92. The standard InChI is InChI=1S/C16H21N5O/c1-11-7-9-20(10-8-11)14-4-2-3-13-17-16(19-21(13)14)18-15(22)12-5-6-12/h2-4,11-12H,5-10H2,1H3,(H,18,19,22). The Morgan fingerprint density at radius 1 is 1.23 bits per heavy atom. The summed E-state index contributed by atoms with van der Waals surface area (Å²) in [6.45, 7) is 4.40. The van der Waals surface area contributed by atoms with E-state index in [2.05, 4.69) is 33.3 Å². The van der Waals surface area contributed by atoms with Crippen LogP contribution >= 0.6 is 0 Å². The van der Waals surface area contributed by atoms with Gasteiger partial charge in [0.05, 0.1) is 0 Å². The zero-order valence-electron chi connectivity index (χ0n) is 12.8. The number of nitrogens with one attached hydrogen (secondary N) is 1. The van der Waals surface area contributed by atoms with Gasteiger partial charge in [-0.05, 0) is 43.7 Å². The van der Waals surface area contributed by atoms with Crippen LogP contribution in [0.25, 0.3) is 5.65 Å². The summed E-state index contributed by atoms with van der Waals surface area (Å²) in [7, 11) is 0. The van der Waals surface area contributed by atoms with Crippen LogP contribution in [0.3, 0.4) is 0 Å². The summed E-state index contributed by atoms with van der Waals surface area (Å²) in [5.41, 5.74) is 0.780. The Kier molecular flexibility index (Phi) is 3.24. The van der Waals surface area contributed by atoms with E-state index in [1.165, 1.54) is 12.8 Å². The van der Waals surface area contributed by atoms with Crippen LogP contribution in [-0.2, 0) is 4.79 Å². The molecule has 0 radical (unpaired) electrons. The second kappa shape index (κ2) is 5.26. The predicted octanol–water partition coefficient (Wildman–Crippen LogP) is 2.31. The van der Waals surface area contributed by atoms with Gasteiger partial charge < -0.3 is 4.90 Å². The Labute approximate surface area is 129 Å². The number of rotatable bonds is 3. The van der Waals surface area contributed by atoms with Crippen molar-refractivity contribution in [3.63, 3.8) is 0 Å². The molecule has 3 heterocycles. The molecule has 6 nitrogen and oxygen atoms in total. The normalized spacial score (nSPS) is 19.6. The number of hydrogen-bond donors (Lipinski definition) is 1. The highest BCUT2D eigenvalue weighted by Gasteiger charge is 2.30. The Hall–Kier alpha value is -2.11. The first-order valence-electron chi connectivity index (χ1n) is 8.12. The SMILES string of the molecule is CC1CCN(c2cccc3nc(NC(=O)C4CC4)nn23)CC1. The Balaban J connectivity index is 1.61. The quantitative estimate of drug-likeness (QED) is 0.944. The maximum absolute atomic E-state index is 11.9. The lowest BCUT2D eigenvalue weighted by molar-refractivity contribution is -0.117. The summed E-state index contributed by atoms with van der Waals surface area (Å²) in [6.07, 6.45) is 4.37. The number of amides is 1. The summed E-state index contributed by atoms with van der Waals surface area (Å²) in [6, 6.07) is 6.00. The molecule has 1 aliphatic heterocycles. The van der Waals surface area contributed by atoms with Crippen molar-refractivity contribution in [2.45, 2.75) is 32.6 Å². The average molecular weight is 299 g/mol. The Morgan fingerprint density at radius 3 is 2.73 bits per heavy atom. The third kappa shape index (κ3) is 2.53. The van der Waals surface area contributed by atoms with E-state index >= 15 is 0 Å². The van der Waals surface area contributed by atoms with Gasteiger partial charge in [0.15, 0.2) is 5.65 Å². The van der Waals surface area contributed by atoms with Gasteiger partial charge in [0, 0.05) is 19.0 Å². The third-order valence-electron chi connectivity index (χ3n) is 4.63. The molecule has 22 heavy (non-hydrogen) atoms. The van der Waals surface area contributed by atoms with E-state index in [4.69, 9.17) is 0 Å². The molecule has 2 aromatic heterocycles. The van der Waals surface area contributed by atoms with E-state index in [-0.39, 0.29) is 11.8 Å². The molecule has 116 valence electrons. The van der Waals surface area contributed by atoms with Crippen molar-refractivity contribution in [2.24, 2.45) is 11.8 Å². The minimum Gasteiger partial charge on any atom is -0.356 e. The van der Waals surface area contributed by atoms with Gasteiger partial charge >= 0.3 is 0 Å². The Morgan fingerprint density at radius 2 is 2.00 bits per heavy atom. The monoisotopic (exact) mass is 299 g/mol. The molecule has 6 heteroatoms. The zero-order chi connectivity index (χ0) is 15.1. The molecule has 1 amide bonds. The predicted molar refractivity (Wildman–Crippen MR) is 85.0 cm³/mol. The summed E-state index contributed by atoms with van der Waals surface area (Å²) >= 11 is 0. The molecule has 2 aliphatic rings. The van der Waals surface area contributed by atoms with Gasteiger partial charge in [-0.15, -0.1) is 5.10 Å². The molecule has 0 unspecified atom stereocenters. The smallest absolute Gasteiger partial charge is 0.249 e. The lowest BCUT2D eigenvalue weighted by Gasteiger charge is -2.31. The largest absolute Gasteiger partial charge is 0.356 e. The highest BCUT2D eigenvalue weighted by Crippen LogP contribution is 2.30. The maximum Gasteiger partial charge on any atom is 0.249 e.